The molecule has 0 aromatic carbocycles. The lowest BCUT2D eigenvalue weighted by Crippen LogP contribution is -2.61. The Morgan fingerprint density at radius 1 is 1.30 bits per heavy atom. The first-order valence-corrected chi connectivity index (χ1v) is 9.04. The highest BCUT2D eigenvalue weighted by Crippen LogP contribution is 2.11. The fourth-order valence-electron chi connectivity index (χ4n) is 3.04. The van der Waals surface area contributed by atoms with Crippen LogP contribution in [0.3, 0.4) is 0 Å². The maximum atomic E-state index is 12.7. The first-order valence-electron chi connectivity index (χ1n) is 9.04. The zero-order valence-corrected chi connectivity index (χ0v) is 15.8. The topological polar surface area (TPSA) is 50.9 Å². The van der Waals surface area contributed by atoms with Crippen LogP contribution in [0.4, 0.5) is 0 Å². The molecule has 1 aliphatic heterocycles. The van der Waals surface area contributed by atoms with Crippen molar-refractivity contribution in [2.75, 3.05) is 67.0 Å². The van der Waals surface area contributed by atoms with E-state index in [4.69, 9.17) is 0 Å². The molecule has 0 bridgehead atoms. The maximum absolute atomic E-state index is 12.7. The Bertz CT molecular complexity index is 337. The van der Waals surface area contributed by atoms with Crippen molar-refractivity contribution in [2.24, 2.45) is 0 Å². The first kappa shape index (κ1) is 20.4. The molecule has 0 aromatic heterocycles. The van der Waals surface area contributed by atoms with Crippen LogP contribution >= 0.6 is 0 Å². The van der Waals surface area contributed by atoms with Gasteiger partial charge >= 0.3 is 0 Å². The number of hydrogen-bond acceptors (Lipinski definition) is 5. The van der Waals surface area contributed by atoms with Crippen molar-refractivity contribution in [1.29, 1.82) is 0 Å². The van der Waals surface area contributed by atoms with Crippen molar-refractivity contribution in [3.63, 3.8) is 0 Å². The van der Waals surface area contributed by atoms with Gasteiger partial charge in [0.15, 0.2) is 0 Å². The van der Waals surface area contributed by atoms with Crippen molar-refractivity contribution in [3.8, 4) is 0 Å². The normalized spacial score (nSPS) is 21.6. The van der Waals surface area contributed by atoms with E-state index in [2.05, 4.69) is 53.3 Å². The fraction of sp³-hybridized carbons (Fsp3) is 0.941. The molecule has 0 spiro atoms. The van der Waals surface area contributed by atoms with E-state index in [1.807, 2.05) is 7.05 Å². The van der Waals surface area contributed by atoms with Gasteiger partial charge in [0, 0.05) is 51.9 Å². The standard InChI is InChI=1S/C17H37N5O/c1-6-7-15(2)19-17(23)16-14-21(9-8-18-3)11-13-22(16)12-10-20(4)5/h15-16,18H,6-14H2,1-5H3,(H,19,23). The largest absolute Gasteiger partial charge is 0.352 e. The molecule has 2 N–H and O–H groups in total. The van der Waals surface area contributed by atoms with Crippen LogP contribution in [0.15, 0.2) is 0 Å². The highest BCUT2D eigenvalue weighted by molar-refractivity contribution is 5.82. The van der Waals surface area contributed by atoms with Crippen LogP contribution in [0.2, 0.25) is 0 Å². The summed E-state index contributed by atoms with van der Waals surface area (Å²) in [5, 5.41) is 6.41. The third-order valence-corrected chi connectivity index (χ3v) is 4.50. The first-order chi connectivity index (χ1) is 11.0. The molecule has 1 rings (SSSR count). The van der Waals surface area contributed by atoms with Gasteiger partial charge in [0.25, 0.3) is 0 Å². The number of amides is 1. The molecule has 0 aliphatic carbocycles. The molecular weight excluding hydrogens is 290 g/mol. The molecular formula is C17H37N5O. The molecule has 1 amide bonds. The summed E-state index contributed by atoms with van der Waals surface area (Å²) in [4.78, 5) is 19.7. The van der Waals surface area contributed by atoms with Gasteiger partial charge in [0.2, 0.25) is 5.91 Å². The molecule has 2 atom stereocenters. The Labute approximate surface area is 142 Å². The summed E-state index contributed by atoms with van der Waals surface area (Å²) in [6.07, 6.45) is 2.14. The minimum Gasteiger partial charge on any atom is -0.352 e. The summed E-state index contributed by atoms with van der Waals surface area (Å²) in [5.74, 6) is 0.193. The molecule has 0 radical (unpaired) electrons. The number of piperazine rings is 1. The van der Waals surface area contributed by atoms with Crippen molar-refractivity contribution < 1.29 is 4.79 Å². The lowest BCUT2D eigenvalue weighted by molar-refractivity contribution is -0.129. The summed E-state index contributed by atoms with van der Waals surface area (Å²) >= 11 is 0. The lowest BCUT2D eigenvalue weighted by atomic mass is 10.1. The van der Waals surface area contributed by atoms with Crippen molar-refractivity contribution in [3.05, 3.63) is 0 Å². The summed E-state index contributed by atoms with van der Waals surface area (Å²) in [6.45, 7) is 11.0. The highest BCUT2D eigenvalue weighted by atomic mass is 16.2. The monoisotopic (exact) mass is 327 g/mol. The Morgan fingerprint density at radius 3 is 2.65 bits per heavy atom. The second-order valence-corrected chi connectivity index (χ2v) is 6.96. The van der Waals surface area contributed by atoms with Crippen LogP contribution in [-0.2, 0) is 4.79 Å². The summed E-state index contributed by atoms with van der Waals surface area (Å²) in [7, 11) is 6.15. The average molecular weight is 328 g/mol. The van der Waals surface area contributed by atoms with Gasteiger partial charge in [-0.2, -0.15) is 0 Å². The molecule has 2 unspecified atom stereocenters. The van der Waals surface area contributed by atoms with Crippen LogP contribution in [-0.4, -0.2) is 99.6 Å². The van der Waals surface area contributed by atoms with Crippen LogP contribution in [0, 0.1) is 0 Å². The average Bonchev–Trinajstić information content (AvgIpc) is 2.51. The predicted molar refractivity (Wildman–Crippen MR) is 96.8 cm³/mol. The molecule has 1 aliphatic rings. The van der Waals surface area contributed by atoms with Gasteiger partial charge in [-0.15, -0.1) is 0 Å². The number of carbonyl (C=O) groups is 1. The molecule has 6 nitrogen and oxygen atoms in total. The highest BCUT2D eigenvalue weighted by Gasteiger charge is 2.32. The quantitative estimate of drug-likeness (QED) is 0.594. The number of nitrogens with one attached hydrogen (secondary N) is 2. The molecule has 1 heterocycles. The summed E-state index contributed by atoms with van der Waals surface area (Å²) in [5.41, 5.74) is 0. The van der Waals surface area contributed by atoms with Crippen LogP contribution < -0.4 is 10.6 Å². The Balaban J connectivity index is 2.63. The minimum atomic E-state index is -0.0279. The van der Waals surface area contributed by atoms with E-state index in [1.54, 1.807) is 0 Å². The SMILES string of the molecule is CCCC(C)NC(=O)C1CN(CCNC)CCN1CCN(C)C. The molecule has 0 saturated carbocycles. The third-order valence-electron chi connectivity index (χ3n) is 4.50. The zero-order valence-electron chi connectivity index (χ0n) is 15.8. The zero-order chi connectivity index (χ0) is 17.2. The van der Waals surface area contributed by atoms with Gasteiger partial charge in [-0.25, -0.2) is 0 Å². The van der Waals surface area contributed by atoms with Gasteiger partial charge < -0.3 is 15.5 Å². The van der Waals surface area contributed by atoms with E-state index in [1.165, 1.54) is 0 Å². The summed E-state index contributed by atoms with van der Waals surface area (Å²) < 4.78 is 0. The molecule has 136 valence electrons. The molecule has 0 aromatic rings. The van der Waals surface area contributed by atoms with Gasteiger partial charge in [0.05, 0.1) is 0 Å². The minimum absolute atomic E-state index is 0.0279. The van der Waals surface area contributed by atoms with Gasteiger partial charge in [-0.3, -0.25) is 14.6 Å². The number of hydrogen-bond donors (Lipinski definition) is 2. The number of likely N-dealkylation sites (N-methyl/N-ethyl adjacent to an activating group) is 2. The molecule has 1 fully saturated rings. The molecule has 6 heteroatoms. The van der Waals surface area contributed by atoms with Gasteiger partial charge in [-0.1, -0.05) is 13.3 Å². The van der Waals surface area contributed by atoms with Gasteiger partial charge in [-0.05, 0) is 34.5 Å². The van der Waals surface area contributed by atoms with Crippen LogP contribution in [0.25, 0.3) is 0 Å². The van der Waals surface area contributed by atoms with E-state index in [9.17, 15) is 4.79 Å². The molecule has 1 saturated heterocycles. The van der Waals surface area contributed by atoms with Gasteiger partial charge in [0.1, 0.15) is 6.04 Å². The predicted octanol–water partition coefficient (Wildman–Crippen LogP) is 0.0584. The van der Waals surface area contributed by atoms with Crippen molar-refractivity contribution >= 4 is 5.91 Å². The smallest absolute Gasteiger partial charge is 0.238 e. The molecule has 23 heavy (non-hydrogen) atoms. The second-order valence-electron chi connectivity index (χ2n) is 6.96. The van der Waals surface area contributed by atoms with Crippen molar-refractivity contribution in [1.82, 2.24) is 25.3 Å². The fourth-order valence-corrected chi connectivity index (χ4v) is 3.04. The summed E-state index contributed by atoms with van der Waals surface area (Å²) in [6, 6.07) is 0.232. The Morgan fingerprint density at radius 2 is 2.04 bits per heavy atom. The lowest BCUT2D eigenvalue weighted by Gasteiger charge is -2.41. The van der Waals surface area contributed by atoms with E-state index in [0.717, 1.165) is 58.7 Å². The third kappa shape index (κ3) is 7.61. The van der Waals surface area contributed by atoms with Crippen LogP contribution in [0.5, 0.6) is 0 Å². The van der Waals surface area contributed by atoms with Crippen LogP contribution in [0.1, 0.15) is 26.7 Å². The van der Waals surface area contributed by atoms with Crippen molar-refractivity contribution in [2.45, 2.75) is 38.8 Å². The Kier molecular flexibility index (Phi) is 9.71. The number of rotatable bonds is 10. The van der Waals surface area contributed by atoms with E-state index in [-0.39, 0.29) is 18.0 Å². The van der Waals surface area contributed by atoms with E-state index < -0.39 is 0 Å². The number of nitrogens with zero attached hydrogens (tertiary/aromatic N) is 3. The van der Waals surface area contributed by atoms with E-state index >= 15 is 0 Å². The Hall–Kier alpha value is -0.690. The van der Waals surface area contributed by atoms with E-state index in [0.29, 0.717) is 0 Å². The number of carbonyl (C=O) groups excluding carboxylic acids is 1. The maximum Gasteiger partial charge on any atom is 0.238 e. The second kappa shape index (κ2) is 11.0.